The van der Waals surface area contributed by atoms with Gasteiger partial charge in [-0.1, -0.05) is 105 Å². The molecule has 2 unspecified atom stereocenters. The summed E-state index contributed by atoms with van der Waals surface area (Å²) in [5, 5.41) is 7.20. The van der Waals surface area contributed by atoms with Crippen LogP contribution in [-0.4, -0.2) is 41.5 Å². The first-order chi connectivity index (χ1) is 19.5. The van der Waals surface area contributed by atoms with E-state index >= 15 is 8.78 Å². The maximum atomic E-state index is 15.2. The molecule has 3 rings (SSSR count). The molecule has 0 saturated heterocycles. The number of carbonyl (C=O) groups is 4. The van der Waals surface area contributed by atoms with E-state index in [1.54, 1.807) is 106 Å². The predicted molar refractivity (Wildman–Crippen MR) is 152 cm³/mol. The largest absolute Gasteiger partial charge is 0.383 e. The quantitative estimate of drug-likeness (QED) is 0.272. The van der Waals surface area contributed by atoms with E-state index in [-0.39, 0.29) is 13.0 Å². The number of rotatable bonds is 13. The molecule has 3 aromatic carbocycles. The van der Waals surface area contributed by atoms with Gasteiger partial charge in [0.05, 0.1) is 12.0 Å². The van der Waals surface area contributed by atoms with Crippen LogP contribution in [0.3, 0.4) is 0 Å². The molecule has 0 heterocycles. The zero-order valence-electron chi connectivity index (χ0n) is 23.3. The Hall–Kier alpha value is -4.40. The molecule has 0 spiro atoms. The van der Waals surface area contributed by atoms with Crippen LogP contribution in [0, 0.1) is 5.92 Å². The van der Waals surface area contributed by atoms with Crippen molar-refractivity contribution in [3.8, 4) is 0 Å². The summed E-state index contributed by atoms with van der Waals surface area (Å²) in [6.07, 6.45) is -0.272. The molecule has 0 aliphatic heterocycles. The van der Waals surface area contributed by atoms with Gasteiger partial charge in [-0.25, -0.2) is 0 Å². The number of benzene rings is 3. The summed E-state index contributed by atoms with van der Waals surface area (Å²) in [5.74, 6) is -10.2. The summed E-state index contributed by atoms with van der Waals surface area (Å²) in [4.78, 5) is 52.0. The Labute approximate surface area is 238 Å². The standard InChI is InChI=1S/C32H35F2N3O4/c1-21(2)27(37-29(39)22(3)25-17-11-6-12-18-25)30(40)36-26(19-23-13-7-4-8-14-23)28(38)32(33,34)31(41)35-20-24-15-9-5-10-16-24/h4-18,21-22,26-27H,19-20H2,1-3H3,(H,35,41)(H,36,40)(H,37,39)/t22?,26?,27-/m0/s1. The third-order valence-corrected chi connectivity index (χ3v) is 6.75. The van der Waals surface area contributed by atoms with Gasteiger partial charge in [0.1, 0.15) is 6.04 Å². The molecular formula is C32H35F2N3O4. The molecule has 9 heteroatoms. The number of Topliss-reactive ketones (excluding diaryl/α,β-unsaturated/α-hetero) is 1. The van der Waals surface area contributed by atoms with Crippen LogP contribution >= 0.6 is 0 Å². The lowest BCUT2D eigenvalue weighted by molar-refractivity contribution is -0.160. The van der Waals surface area contributed by atoms with Crippen LogP contribution in [-0.2, 0) is 32.1 Å². The molecule has 0 aromatic heterocycles. The number of ketones is 1. The summed E-state index contributed by atoms with van der Waals surface area (Å²) in [5.41, 5.74) is 1.83. The van der Waals surface area contributed by atoms with Gasteiger partial charge in [-0.2, -0.15) is 8.78 Å². The molecule has 0 bridgehead atoms. The highest BCUT2D eigenvalue weighted by atomic mass is 19.3. The molecule has 0 saturated carbocycles. The predicted octanol–water partition coefficient (Wildman–Crippen LogP) is 4.18. The highest BCUT2D eigenvalue weighted by Gasteiger charge is 2.50. The van der Waals surface area contributed by atoms with Gasteiger partial charge in [0.25, 0.3) is 5.91 Å². The second-order valence-corrected chi connectivity index (χ2v) is 10.2. The van der Waals surface area contributed by atoms with E-state index in [4.69, 9.17) is 0 Å². The van der Waals surface area contributed by atoms with Crippen LogP contribution < -0.4 is 16.0 Å². The number of hydrogen-bond acceptors (Lipinski definition) is 4. The molecule has 3 aromatic rings. The fourth-order valence-corrected chi connectivity index (χ4v) is 4.25. The Morgan fingerprint density at radius 3 is 1.76 bits per heavy atom. The van der Waals surface area contributed by atoms with Crippen molar-refractivity contribution in [2.24, 2.45) is 5.92 Å². The lowest BCUT2D eigenvalue weighted by Gasteiger charge is -2.27. The number of amides is 3. The molecule has 3 amide bonds. The molecular weight excluding hydrogens is 528 g/mol. The van der Waals surface area contributed by atoms with Gasteiger partial charge in [0, 0.05) is 13.0 Å². The minimum atomic E-state index is -4.42. The van der Waals surface area contributed by atoms with Crippen molar-refractivity contribution in [3.63, 3.8) is 0 Å². The SMILES string of the molecule is CC(C(=O)N[C@H](C(=O)NC(Cc1ccccc1)C(=O)C(F)(F)C(=O)NCc1ccccc1)C(C)C)c1ccccc1. The Morgan fingerprint density at radius 2 is 1.22 bits per heavy atom. The van der Waals surface area contributed by atoms with E-state index in [2.05, 4.69) is 16.0 Å². The van der Waals surface area contributed by atoms with Gasteiger partial charge in [0.2, 0.25) is 17.6 Å². The summed E-state index contributed by atoms with van der Waals surface area (Å²) < 4.78 is 30.4. The lowest BCUT2D eigenvalue weighted by atomic mass is 9.95. The van der Waals surface area contributed by atoms with Gasteiger partial charge in [-0.3, -0.25) is 19.2 Å². The van der Waals surface area contributed by atoms with Crippen LogP contribution in [0.2, 0.25) is 0 Å². The number of carbonyl (C=O) groups excluding carboxylic acids is 4. The van der Waals surface area contributed by atoms with E-state index in [1.807, 2.05) is 6.07 Å². The zero-order valence-corrected chi connectivity index (χ0v) is 23.3. The topological polar surface area (TPSA) is 104 Å². The van der Waals surface area contributed by atoms with Crippen molar-refractivity contribution in [1.29, 1.82) is 0 Å². The van der Waals surface area contributed by atoms with Crippen molar-refractivity contribution in [3.05, 3.63) is 108 Å². The summed E-state index contributed by atoms with van der Waals surface area (Å²) in [6.45, 7) is 4.88. The highest BCUT2D eigenvalue weighted by molar-refractivity contribution is 6.10. The van der Waals surface area contributed by atoms with Crippen molar-refractivity contribution >= 4 is 23.5 Å². The Bertz CT molecular complexity index is 1320. The minimum Gasteiger partial charge on any atom is -0.346 e. The second-order valence-electron chi connectivity index (χ2n) is 10.2. The number of halogens is 2. The first-order valence-electron chi connectivity index (χ1n) is 13.4. The summed E-state index contributed by atoms with van der Waals surface area (Å²) >= 11 is 0. The average molecular weight is 564 g/mol. The zero-order chi connectivity index (χ0) is 30.0. The van der Waals surface area contributed by atoms with Gasteiger partial charge < -0.3 is 16.0 Å². The minimum absolute atomic E-state index is 0.195. The summed E-state index contributed by atoms with van der Waals surface area (Å²) in [6, 6.07) is 22.9. The first-order valence-corrected chi connectivity index (χ1v) is 13.4. The second kappa shape index (κ2) is 14.3. The van der Waals surface area contributed by atoms with E-state index in [0.29, 0.717) is 11.1 Å². The van der Waals surface area contributed by atoms with Crippen molar-refractivity contribution < 1.29 is 28.0 Å². The van der Waals surface area contributed by atoms with Gasteiger partial charge in [-0.05, 0) is 29.5 Å². The van der Waals surface area contributed by atoms with Crippen LogP contribution in [0.5, 0.6) is 0 Å². The molecule has 0 aliphatic carbocycles. The molecule has 216 valence electrons. The van der Waals surface area contributed by atoms with E-state index in [0.717, 1.165) is 5.56 Å². The first kappa shape index (κ1) is 31.1. The van der Waals surface area contributed by atoms with E-state index in [1.165, 1.54) is 0 Å². The molecule has 0 aliphatic rings. The maximum Gasteiger partial charge on any atom is 0.383 e. The average Bonchev–Trinajstić information content (AvgIpc) is 2.98. The lowest BCUT2D eigenvalue weighted by Crippen LogP contribution is -2.59. The molecule has 3 atom stereocenters. The smallest absolute Gasteiger partial charge is 0.346 e. The normalized spacial score (nSPS) is 13.5. The molecule has 3 N–H and O–H groups in total. The molecule has 41 heavy (non-hydrogen) atoms. The van der Waals surface area contributed by atoms with E-state index in [9.17, 15) is 19.2 Å². The Kier molecular flexibility index (Phi) is 10.9. The molecule has 0 radical (unpaired) electrons. The third-order valence-electron chi connectivity index (χ3n) is 6.75. The van der Waals surface area contributed by atoms with Gasteiger partial charge in [0.15, 0.2) is 0 Å². The fraction of sp³-hybridized carbons (Fsp3) is 0.312. The van der Waals surface area contributed by atoms with Crippen LogP contribution in [0.4, 0.5) is 8.78 Å². The fourth-order valence-electron chi connectivity index (χ4n) is 4.25. The molecule has 7 nitrogen and oxygen atoms in total. The van der Waals surface area contributed by atoms with Crippen molar-refractivity contribution in [2.75, 3.05) is 0 Å². The number of hydrogen-bond donors (Lipinski definition) is 3. The van der Waals surface area contributed by atoms with Crippen molar-refractivity contribution in [1.82, 2.24) is 16.0 Å². The number of alkyl halides is 2. The van der Waals surface area contributed by atoms with Crippen LogP contribution in [0.25, 0.3) is 0 Å². The third kappa shape index (κ3) is 8.54. The maximum absolute atomic E-state index is 15.2. The Balaban J connectivity index is 1.78. The van der Waals surface area contributed by atoms with Crippen LogP contribution in [0.15, 0.2) is 91.0 Å². The summed E-state index contributed by atoms with van der Waals surface area (Å²) in [7, 11) is 0. The van der Waals surface area contributed by atoms with Gasteiger partial charge in [-0.15, -0.1) is 0 Å². The van der Waals surface area contributed by atoms with Crippen molar-refractivity contribution in [2.45, 2.75) is 57.7 Å². The number of nitrogens with one attached hydrogen (secondary N) is 3. The van der Waals surface area contributed by atoms with E-state index < -0.39 is 53.3 Å². The van der Waals surface area contributed by atoms with Gasteiger partial charge >= 0.3 is 5.92 Å². The molecule has 0 fully saturated rings. The van der Waals surface area contributed by atoms with Crippen LogP contribution in [0.1, 0.15) is 43.4 Å². The highest BCUT2D eigenvalue weighted by Crippen LogP contribution is 2.21. The Morgan fingerprint density at radius 1 is 0.707 bits per heavy atom. The monoisotopic (exact) mass is 563 g/mol.